The van der Waals surface area contributed by atoms with Crippen molar-refractivity contribution in [2.45, 2.75) is 86.9 Å². The highest BCUT2D eigenvalue weighted by atomic mass is 16.1. The van der Waals surface area contributed by atoms with Crippen molar-refractivity contribution in [3.63, 3.8) is 0 Å². The summed E-state index contributed by atoms with van der Waals surface area (Å²) in [6.07, 6.45) is 9.37. The fraction of sp³-hybridized carbons (Fsp3) is 0.195. The fourth-order valence-electron chi connectivity index (χ4n) is 19.5. The van der Waals surface area contributed by atoms with E-state index in [1.165, 1.54) is 186 Å². The van der Waals surface area contributed by atoms with Crippen LogP contribution in [0.2, 0.25) is 0 Å². The van der Waals surface area contributed by atoms with Crippen LogP contribution in [0.3, 0.4) is 0 Å². The maximum absolute atomic E-state index is 14.3. The molecule has 380 valence electrons. The van der Waals surface area contributed by atoms with Gasteiger partial charge in [-0.05, 0) is 181 Å². The van der Waals surface area contributed by atoms with Gasteiger partial charge in [0.05, 0.1) is 50.1 Å². The lowest BCUT2D eigenvalue weighted by atomic mass is 9.59. The van der Waals surface area contributed by atoms with Gasteiger partial charge in [-0.3, -0.25) is 4.79 Å². The van der Waals surface area contributed by atoms with Crippen molar-refractivity contribution in [3.05, 3.63) is 248 Å². The van der Waals surface area contributed by atoms with Crippen molar-refractivity contribution in [1.82, 2.24) is 8.80 Å². The number of fused-ring (bicyclic) bond motifs is 23. The molecule has 23 rings (SSSR count). The largest absolute Gasteiger partial charge is 0.308 e. The molecular formula is C77H51N3O. The third kappa shape index (κ3) is 4.60. The number of carbonyl (C=O) groups excluding carboxylic acids is 1. The second-order valence-electron chi connectivity index (χ2n) is 25.7. The van der Waals surface area contributed by atoms with Gasteiger partial charge in [-0.2, -0.15) is 5.26 Å². The Kier molecular flexibility index (Phi) is 7.46. The van der Waals surface area contributed by atoms with E-state index in [-0.39, 0.29) is 23.2 Å². The number of ketones is 1. The Balaban J connectivity index is 0.985. The van der Waals surface area contributed by atoms with E-state index >= 15 is 0 Å². The van der Waals surface area contributed by atoms with Gasteiger partial charge in [0, 0.05) is 66.4 Å². The van der Waals surface area contributed by atoms with Crippen LogP contribution in [0.15, 0.2) is 170 Å². The molecule has 9 aliphatic rings. The van der Waals surface area contributed by atoms with Crippen LogP contribution in [0.1, 0.15) is 159 Å². The SMILES string of the molecule is CCC1(c2cc3c4cc5c(cc4n4c6cc7c8c9c(cc%10c%11c%12c(c(C#N)cc%11n(c7cc6c(c2)c34)c%108)C2c3ccccc3C%12c3ccccc32)C2(c3ccccc3-c3ccccc32)c2ccccc2-9)C(=O)C2CC5C2)CCCCC1. The average molecular weight is 1030 g/mol. The fourth-order valence-corrected chi connectivity index (χ4v) is 19.5. The van der Waals surface area contributed by atoms with Crippen LogP contribution in [0.5, 0.6) is 0 Å². The number of nitriles is 1. The second kappa shape index (κ2) is 14.1. The smallest absolute Gasteiger partial charge is 0.166 e. The molecule has 4 nitrogen and oxygen atoms in total. The topological polar surface area (TPSA) is 49.7 Å². The number of benzene rings is 10. The third-order valence-corrected chi connectivity index (χ3v) is 22.8. The molecule has 0 aliphatic heterocycles. The maximum Gasteiger partial charge on any atom is 0.166 e. The van der Waals surface area contributed by atoms with Crippen molar-refractivity contribution in [1.29, 1.82) is 5.26 Å². The molecule has 0 atom stereocenters. The standard InChI is InChI=1S/C77H51N3O/c1-2-76(26-14-3-15-27-76)42-31-53-51-33-50-39-28-40(29-39)75(81)55(50)36-62(51)79-63-37-56-64(35-52(63)54(32-42)73(53)79)80-65-30-41(38-78)66-67-45-18-4-6-20-47(45)68(48-21-7-5-19-46(48)67)72(66)70(65)57-34-61-69(71(56)74(57)80)49-22-10-13-25-60(49)77(61)58-23-11-8-16-43(58)44-17-9-12-24-59(44)77/h4-13,16-25,30-37,39-40,67-68H,2-3,14-15,26-29H2,1H3. The molecule has 10 aromatic carbocycles. The number of aromatic nitrogens is 2. The van der Waals surface area contributed by atoms with Crippen LogP contribution >= 0.6 is 0 Å². The van der Waals surface area contributed by atoms with Crippen LogP contribution in [0.4, 0.5) is 0 Å². The van der Waals surface area contributed by atoms with Crippen molar-refractivity contribution in [2.24, 2.45) is 5.92 Å². The molecule has 0 unspecified atom stereocenters. The van der Waals surface area contributed by atoms with E-state index in [2.05, 4.69) is 192 Å². The zero-order valence-corrected chi connectivity index (χ0v) is 44.9. The predicted molar refractivity (Wildman–Crippen MR) is 326 cm³/mol. The average Bonchev–Trinajstić information content (AvgIpc) is 1.64. The summed E-state index contributed by atoms with van der Waals surface area (Å²) >= 11 is 0. The number of rotatable bonds is 2. The molecule has 81 heavy (non-hydrogen) atoms. The number of hydrogen-bond acceptors (Lipinski definition) is 2. The molecule has 4 bridgehead atoms. The van der Waals surface area contributed by atoms with Gasteiger partial charge < -0.3 is 8.80 Å². The molecule has 0 saturated heterocycles. The Labute approximate surface area is 467 Å². The quantitative estimate of drug-likeness (QED) is 0.173. The Morgan fingerprint density at radius 1 is 0.481 bits per heavy atom. The number of Topliss-reactive ketones (excluding diaryl/α,β-unsaturated/α-hetero) is 1. The van der Waals surface area contributed by atoms with Crippen molar-refractivity contribution in [3.8, 4) is 28.3 Å². The Morgan fingerprint density at radius 2 is 1.04 bits per heavy atom. The van der Waals surface area contributed by atoms with Gasteiger partial charge in [0.25, 0.3) is 0 Å². The molecule has 4 heterocycles. The minimum Gasteiger partial charge on any atom is -0.308 e. The molecule has 0 N–H and O–H groups in total. The number of hydrogen-bond donors (Lipinski definition) is 0. The monoisotopic (exact) mass is 1030 g/mol. The summed E-state index contributed by atoms with van der Waals surface area (Å²) in [4.78, 5) is 14.3. The molecule has 14 aromatic rings. The summed E-state index contributed by atoms with van der Waals surface area (Å²) in [5.41, 5.74) is 29.5. The first-order chi connectivity index (χ1) is 40.0. The van der Waals surface area contributed by atoms with Crippen LogP contribution < -0.4 is 0 Å². The van der Waals surface area contributed by atoms with Crippen LogP contribution in [0.25, 0.3) is 98.4 Å². The van der Waals surface area contributed by atoms with Crippen LogP contribution in [-0.2, 0) is 10.8 Å². The Hall–Kier alpha value is -9.04. The number of carbonyl (C=O) groups is 1. The van der Waals surface area contributed by atoms with Gasteiger partial charge in [-0.15, -0.1) is 0 Å². The van der Waals surface area contributed by atoms with Crippen molar-refractivity contribution < 1.29 is 4.79 Å². The summed E-state index contributed by atoms with van der Waals surface area (Å²) in [7, 11) is 0. The van der Waals surface area contributed by atoms with E-state index in [0.717, 1.165) is 41.4 Å². The van der Waals surface area contributed by atoms with Gasteiger partial charge in [-0.1, -0.05) is 148 Å². The highest BCUT2D eigenvalue weighted by Crippen LogP contribution is 2.67. The van der Waals surface area contributed by atoms with Crippen LogP contribution in [-0.4, -0.2) is 14.6 Å². The lowest BCUT2D eigenvalue weighted by molar-refractivity contribution is 0.0793. The van der Waals surface area contributed by atoms with Crippen molar-refractivity contribution >= 4 is 82.0 Å². The minimum absolute atomic E-state index is 0.0358. The molecule has 0 radical (unpaired) electrons. The van der Waals surface area contributed by atoms with Gasteiger partial charge >= 0.3 is 0 Å². The van der Waals surface area contributed by atoms with Crippen LogP contribution in [0, 0.1) is 17.2 Å². The Morgan fingerprint density at radius 3 is 1.69 bits per heavy atom. The summed E-state index contributed by atoms with van der Waals surface area (Å²) in [6, 6.07) is 68.8. The first-order valence-electron chi connectivity index (χ1n) is 30.0. The maximum atomic E-state index is 14.3. The lowest BCUT2D eigenvalue weighted by Crippen LogP contribution is -2.36. The van der Waals surface area contributed by atoms with E-state index in [9.17, 15) is 10.1 Å². The highest BCUT2D eigenvalue weighted by molar-refractivity contribution is 6.33. The van der Waals surface area contributed by atoms with Gasteiger partial charge in [0.2, 0.25) is 0 Å². The van der Waals surface area contributed by atoms with Gasteiger partial charge in [0.1, 0.15) is 0 Å². The van der Waals surface area contributed by atoms with Gasteiger partial charge in [0.15, 0.2) is 5.78 Å². The molecule has 0 amide bonds. The van der Waals surface area contributed by atoms with E-state index in [4.69, 9.17) is 0 Å². The van der Waals surface area contributed by atoms with Crippen molar-refractivity contribution in [2.75, 3.05) is 0 Å². The zero-order chi connectivity index (χ0) is 52.7. The van der Waals surface area contributed by atoms with E-state index in [1.54, 1.807) is 0 Å². The summed E-state index contributed by atoms with van der Waals surface area (Å²) in [5.74, 6) is 0.874. The molecule has 1 spiro atoms. The summed E-state index contributed by atoms with van der Waals surface area (Å²) < 4.78 is 5.19. The first kappa shape index (κ1) is 42.8. The molecule has 2 saturated carbocycles. The van der Waals surface area contributed by atoms with Gasteiger partial charge in [-0.25, -0.2) is 0 Å². The second-order valence-corrected chi connectivity index (χ2v) is 25.7. The lowest BCUT2D eigenvalue weighted by Gasteiger charge is -2.43. The molecular weight excluding hydrogens is 983 g/mol. The molecule has 4 heteroatoms. The normalized spacial score (nSPS) is 20.8. The minimum atomic E-state index is -0.571. The van der Waals surface area contributed by atoms with E-state index in [0.29, 0.717) is 11.7 Å². The zero-order valence-electron chi connectivity index (χ0n) is 44.9. The molecule has 9 aliphatic carbocycles. The highest BCUT2D eigenvalue weighted by Gasteiger charge is 2.54. The first-order valence-corrected chi connectivity index (χ1v) is 30.0. The number of nitrogens with zero attached hydrogens (tertiary/aromatic N) is 3. The van der Waals surface area contributed by atoms with E-state index in [1.807, 2.05) is 0 Å². The summed E-state index contributed by atoms with van der Waals surface area (Å²) in [6.45, 7) is 2.42. The molecule has 2 fully saturated rings. The molecule has 4 aromatic heterocycles. The third-order valence-electron chi connectivity index (χ3n) is 22.8. The summed E-state index contributed by atoms with van der Waals surface area (Å²) in [5, 5.41) is 21.9. The Bertz CT molecular complexity index is 5300. The predicted octanol–water partition coefficient (Wildman–Crippen LogP) is 18.5. The van der Waals surface area contributed by atoms with E-state index < -0.39 is 5.41 Å².